The normalized spacial score (nSPS) is 15.3. The molecule has 1 fully saturated rings. The molecular weight excluding hydrogens is 421 g/mol. The van der Waals surface area contributed by atoms with E-state index in [1.54, 1.807) is 17.0 Å². The number of hydrogen-bond acceptors (Lipinski definition) is 4. The molecule has 1 aliphatic heterocycles. The molecule has 0 radical (unpaired) electrons. The van der Waals surface area contributed by atoms with Crippen LogP contribution in [0.1, 0.15) is 25.0 Å². The molecule has 0 bridgehead atoms. The van der Waals surface area contributed by atoms with Crippen LogP contribution in [0, 0.1) is 11.7 Å². The molecule has 0 aliphatic carbocycles. The summed E-state index contributed by atoms with van der Waals surface area (Å²) in [6.07, 6.45) is 0.407. The van der Waals surface area contributed by atoms with E-state index in [1.165, 1.54) is 12.1 Å². The number of nitrogens with zero attached hydrogens (tertiary/aromatic N) is 2. The smallest absolute Gasteiger partial charge is 0.243 e. The van der Waals surface area contributed by atoms with Crippen molar-refractivity contribution in [2.75, 3.05) is 39.4 Å². The quantitative estimate of drug-likeness (QED) is 0.599. The third kappa shape index (κ3) is 7.65. The van der Waals surface area contributed by atoms with E-state index in [9.17, 15) is 14.0 Å². The van der Waals surface area contributed by atoms with Crippen LogP contribution >= 0.6 is 0 Å². The first kappa shape index (κ1) is 24.9. The van der Waals surface area contributed by atoms with Gasteiger partial charge in [0, 0.05) is 45.1 Å². The van der Waals surface area contributed by atoms with Gasteiger partial charge in [-0.2, -0.15) is 0 Å². The van der Waals surface area contributed by atoms with Gasteiger partial charge in [-0.05, 0) is 23.3 Å². The molecule has 6 nitrogen and oxygen atoms in total. The second-order valence-electron chi connectivity index (χ2n) is 8.70. The Morgan fingerprint density at radius 1 is 1.03 bits per heavy atom. The second kappa shape index (κ2) is 12.5. The van der Waals surface area contributed by atoms with E-state index in [1.807, 2.05) is 44.2 Å². The number of carbonyl (C=O) groups excluding carboxylic acids is 2. The van der Waals surface area contributed by atoms with Gasteiger partial charge in [0.15, 0.2) is 0 Å². The average molecular weight is 456 g/mol. The fourth-order valence-electron chi connectivity index (χ4n) is 3.92. The van der Waals surface area contributed by atoms with Crippen molar-refractivity contribution in [2.45, 2.75) is 32.9 Å². The summed E-state index contributed by atoms with van der Waals surface area (Å²) in [6, 6.07) is 15.1. The lowest BCUT2D eigenvalue weighted by Crippen LogP contribution is -2.52. The van der Waals surface area contributed by atoms with Gasteiger partial charge in [-0.1, -0.05) is 56.3 Å². The zero-order valence-electron chi connectivity index (χ0n) is 19.5. The minimum atomic E-state index is -0.669. The van der Waals surface area contributed by atoms with Crippen molar-refractivity contribution in [3.05, 3.63) is 71.5 Å². The van der Waals surface area contributed by atoms with Crippen LogP contribution in [0.15, 0.2) is 54.6 Å². The minimum absolute atomic E-state index is 0.108. The van der Waals surface area contributed by atoms with Gasteiger partial charge in [-0.15, -0.1) is 0 Å². The topological polar surface area (TPSA) is 61.9 Å². The van der Waals surface area contributed by atoms with Crippen LogP contribution in [0.2, 0.25) is 0 Å². The maximum atomic E-state index is 13.4. The molecule has 1 heterocycles. The molecule has 2 aromatic carbocycles. The fraction of sp³-hybridized carbons (Fsp3) is 0.462. The molecule has 178 valence electrons. The largest absolute Gasteiger partial charge is 0.379 e. The molecule has 1 atom stereocenters. The van der Waals surface area contributed by atoms with Gasteiger partial charge < -0.3 is 15.0 Å². The SMILES string of the molecule is CC(C)C(=O)N(Cc1ccc(F)cc1)C(Cc1ccccc1)C(=O)NCCN1CCOCC1. The van der Waals surface area contributed by atoms with Crippen LogP contribution in [-0.4, -0.2) is 67.0 Å². The fourth-order valence-corrected chi connectivity index (χ4v) is 3.92. The highest BCUT2D eigenvalue weighted by Gasteiger charge is 2.31. The summed E-state index contributed by atoms with van der Waals surface area (Å²) in [5, 5.41) is 3.04. The van der Waals surface area contributed by atoms with Crippen molar-refractivity contribution in [3.63, 3.8) is 0 Å². The van der Waals surface area contributed by atoms with Gasteiger partial charge in [0.1, 0.15) is 11.9 Å². The van der Waals surface area contributed by atoms with Crippen molar-refractivity contribution in [3.8, 4) is 0 Å². The summed E-state index contributed by atoms with van der Waals surface area (Å²) in [5.74, 6) is -0.890. The number of benzene rings is 2. The minimum Gasteiger partial charge on any atom is -0.379 e. The van der Waals surface area contributed by atoms with Gasteiger partial charge in [0.05, 0.1) is 13.2 Å². The maximum absolute atomic E-state index is 13.4. The van der Waals surface area contributed by atoms with Gasteiger partial charge in [-0.25, -0.2) is 4.39 Å². The Bertz CT molecular complexity index is 883. The highest BCUT2D eigenvalue weighted by Crippen LogP contribution is 2.17. The standard InChI is InChI=1S/C26H34FN3O3/c1-20(2)26(32)30(19-22-8-10-23(27)11-9-22)24(18-21-6-4-3-5-7-21)25(31)28-12-13-29-14-16-33-17-15-29/h3-11,20,24H,12-19H2,1-2H3,(H,28,31). The first-order valence-corrected chi connectivity index (χ1v) is 11.6. The van der Waals surface area contributed by atoms with Crippen LogP contribution in [-0.2, 0) is 27.3 Å². The Hall–Kier alpha value is -2.77. The molecule has 3 rings (SSSR count). The molecule has 1 unspecified atom stereocenters. The van der Waals surface area contributed by atoms with E-state index in [2.05, 4.69) is 10.2 Å². The molecule has 2 amide bonds. The van der Waals surface area contributed by atoms with Crippen molar-refractivity contribution in [1.29, 1.82) is 0 Å². The Morgan fingerprint density at radius 2 is 1.70 bits per heavy atom. The molecule has 0 spiro atoms. The lowest BCUT2D eigenvalue weighted by atomic mass is 10.0. The average Bonchev–Trinajstić information content (AvgIpc) is 2.83. The predicted octanol–water partition coefficient (Wildman–Crippen LogP) is 2.87. The van der Waals surface area contributed by atoms with Crippen LogP contribution in [0.5, 0.6) is 0 Å². The number of rotatable bonds is 10. The number of carbonyl (C=O) groups is 2. The lowest BCUT2D eigenvalue weighted by molar-refractivity contribution is -0.143. The van der Waals surface area contributed by atoms with E-state index in [-0.39, 0.29) is 30.1 Å². The molecule has 33 heavy (non-hydrogen) atoms. The number of hydrogen-bond donors (Lipinski definition) is 1. The van der Waals surface area contributed by atoms with Gasteiger partial charge >= 0.3 is 0 Å². The number of amides is 2. The van der Waals surface area contributed by atoms with Crippen LogP contribution in [0.25, 0.3) is 0 Å². The zero-order chi connectivity index (χ0) is 23.6. The van der Waals surface area contributed by atoms with Crippen molar-refractivity contribution < 1.29 is 18.7 Å². The number of morpholine rings is 1. The Labute approximate surface area is 195 Å². The summed E-state index contributed by atoms with van der Waals surface area (Å²) in [5.41, 5.74) is 1.76. The molecule has 0 aromatic heterocycles. The highest BCUT2D eigenvalue weighted by molar-refractivity contribution is 5.88. The van der Waals surface area contributed by atoms with Gasteiger partial charge in [0.2, 0.25) is 11.8 Å². The molecule has 7 heteroatoms. The number of ether oxygens (including phenoxy) is 1. The van der Waals surface area contributed by atoms with Crippen LogP contribution in [0.3, 0.4) is 0 Å². The number of halogens is 1. The third-order valence-corrected chi connectivity index (χ3v) is 5.82. The third-order valence-electron chi connectivity index (χ3n) is 5.82. The van der Waals surface area contributed by atoms with E-state index in [0.717, 1.165) is 30.8 Å². The summed E-state index contributed by atoms with van der Waals surface area (Å²) < 4.78 is 18.8. The Kier molecular flexibility index (Phi) is 9.39. The summed E-state index contributed by atoms with van der Waals surface area (Å²) in [6.45, 7) is 8.26. The monoisotopic (exact) mass is 455 g/mol. The maximum Gasteiger partial charge on any atom is 0.243 e. The summed E-state index contributed by atoms with van der Waals surface area (Å²) in [4.78, 5) is 30.5. The van der Waals surface area contributed by atoms with Crippen molar-refractivity contribution in [1.82, 2.24) is 15.1 Å². The zero-order valence-corrected chi connectivity index (χ0v) is 19.5. The molecule has 2 aromatic rings. The van der Waals surface area contributed by atoms with Crippen LogP contribution in [0.4, 0.5) is 4.39 Å². The van der Waals surface area contributed by atoms with E-state index in [4.69, 9.17) is 4.74 Å². The predicted molar refractivity (Wildman–Crippen MR) is 126 cm³/mol. The molecule has 1 saturated heterocycles. The van der Waals surface area contributed by atoms with E-state index in [0.29, 0.717) is 26.2 Å². The van der Waals surface area contributed by atoms with Crippen molar-refractivity contribution >= 4 is 11.8 Å². The Morgan fingerprint density at radius 3 is 2.33 bits per heavy atom. The number of nitrogens with one attached hydrogen (secondary N) is 1. The van der Waals surface area contributed by atoms with Crippen LogP contribution < -0.4 is 5.32 Å². The van der Waals surface area contributed by atoms with E-state index >= 15 is 0 Å². The molecular formula is C26H34FN3O3. The molecule has 1 aliphatic rings. The van der Waals surface area contributed by atoms with Crippen molar-refractivity contribution in [2.24, 2.45) is 5.92 Å². The Balaban J connectivity index is 1.78. The first-order chi connectivity index (χ1) is 15.9. The highest BCUT2D eigenvalue weighted by atomic mass is 19.1. The van der Waals surface area contributed by atoms with E-state index < -0.39 is 6.04 Å². The summed E-state index contributed by atoms with van der Waals surface area (Å²) in [7, 11) is 0. The first-order valence-electron chi connectivity index (χ1n) is 11.6. The second-order valence-corrected chi connectivity index (χ2v) is 8.70. The molecule has 1 N–H and O–H groups in total. The molecule has 0 saturated carbocycles. The summed E-state index contributed by atoms with van der Waals surface area (Å²) >= 11 is 0. The van der Waals surface area contributed by atoms with Gasteiger partial charge in [0.25, 0.3) is 0 Å². The van der Waals surface area contributed by atoms with Gasteiger partial charge in [-0.3, -0.25) is 14.5 Å². The lowest BCUT2D eigenvalue weighted by Gasteiger charge is -2.33.